The maximum Gasteiger partial charge on any atom is 0.115 e. The fourth-order valence-electron chi connectivity index (χ4n) is 2.98. The van der Waals surface area contributed by atoms with Gasteiger partial charge in [0.05, 0.1) is 5.69 Å². The van der Waals surface area contributed by atoms with Gasteiger partial charge in [-0.25, -0.2) is 9.97 Å². The molecule has 2 heterocycles. The number of hydrogen-bond acceptors (Lipinski definition) is 3. The molecule has 3 heteroatoms. The molecule has 3 nitrogen and oxygen atoms in total. The van der Waals surface area contributed by atoms with E-state index >= 15 is 0 Å². The summed E-state index contributed by atoms with van der Waals surface area (Å²) in [5, 5.41) is 3.48. The van der Waals surface area contributed by atoms with Crippen LogP contribution in [0.1, 0.15) is 48.6 Å². The maximum absolute atomic E-state index is 4.56. The zero-order valence-corrected chi connectivity index (χ0v) is 9.71. The van der Waals surface area contributed by atoms with Crippen LogP contribution >= 0.6 is 0 Å². The zero-order valence-electron chi connectivity index (χ0n) is 9.71. The smallest absolute Gasteiger partial charge is 0.115 e. The fourth-order valence-corrected chi connectivity index (χ4v) is 2.98. The molecule has 3 rings (SSSR count). The Balaban J connectivity index is 1.93. The van der Waals surface area contributed by atoms with E-state index in [1.165, 1.54) is 55.6 Å². The molecule has 0 radical (unpaired) electrons. The van der Waals surface area contributed by atoms with E-state index in [1.807, 2.05) is 0 Å². The molecule has 1 aliphatic heterocycles. The highest BCUT2D eigenvalue weighted by Gasteiger charge is 2.23. The molecule has 1 fully saturated rings. The number of nitrogens with one attached hydrogen (secondary N) is 1. The standard InChI is InChI=1S/C13H19N3/c1-2-6-12-11(5-1)13(16-9-15-12)10-4-3-7-14-8-10/h9-10,14H,1-8H2. The number of rotatable bonds is 1. The second kappa shape index (κ2) is 4.50. The van der Waals surface area contributed by atoms with E-state index in [4.69, 9.17) is 0 Å². The van der Waals surface area contributed by atoms with E-state index in [-0.39, 0.29) is 0 Å². The third kappa shape index (κ3) is 1.84. The number of fused-ring (bicyclic) bond motifs is 1. The molecule has 0 amide bonds. The van der Waals surface area contributed by atoms with Crippen molar-refractivity contribution in [3.8, 4) is 0 Å². The first kappa shape index (κ1) is 10.2. The summed E-state index contributed by atoms with van der Waals surface area (Å²) in [5.41, 5.74) is 4.14. The van der Waals surface area contributed by atoms with Crippen LogP contribution in [0.3, 0.4) is 0 Å². The van der Waals surface area contributed by atoms with Crippen LogP contribution in [0.2, 0.25) is 0 Å². The molecule has 0 saturated carbocycles. The maximum atomic E-state index is 4.56. The minimum atomic E-state index is 0.628. The molecule has 1 atom stereocenters. The van der Waals surface area contributed by atoms with Crippen molar-refractivity contribution in [3.05, 3.63) is 23.3 Å². The van der Waals surface area contributed by atoms with Crippen molar-refractivity contribution in [1.82, 2.24) is 15.3 Å². The largest absolute Gasteiger partial charge is 0.316 e. The zero-order chi connectivity index (χ0) is 10.8. The van der Waals surface area contributed by atoms with Crippen molar-refractivity contribution in [3.63, 3.8) is 0 Å². The average molecular weight is 217 g/mol. The summed E-state index contributed by atoms with van der Waals surface area (Å²) in [6.45, 7) is 2.27. The average Bonchev–Trinajstić information content (AvgIpc) is 2.39. The summed E-state index contributed by atoms with van der Waals surface area (Å²) in [4.78, 5) is 9.01. The summed E-state index contributed by atoms with van der Waals surface area (Å²) >= 11 is 0. The lowest BCUT2D eigenvalue weighted by molar-refractivity contribution is 0.448. The molecule has 1 unspecified atom stereocenters. The molecular formula is C13H19N3. The van der Waals surface area contributed by atoms with Crippen LogP contribution < -0.4 is 5.32 Å². The molecule has 1 aromatic heterocycles. The Labute approximate surface area is 96.7 Å². The van der Waals surface area contributed by atoms with Crippen molar-refractivity contribution in [1.29, 1.82) is 0 Å². The van der Waals surface area contributed by atoms with Crippen LogP contribution in [-0.2, 0) is 12.8 Å². The lowest BCUT2D eigenvalue weighted by atomic mass is 9.87. The molecule has 86 valence electrons. The number of hydrogen-bond donors (Lipinski definition) is 1. The molecule has 0 bridgehead atoms. The van der Waals surface area contributed by atoms with Crippen LogP contribution in [0, 0.1) is 0 Å². The van der Waals surface area contributed by atoms with E-state index in [0.29, 0.717) is 5.92 Å². The lowest BCUT2D eigenvalue weighted by Crippen LogP contribution is -2.30. The summed E-state index contributed by atoms with van der Waals surface area (Å²) < 4.78 is 0. The van der Waals surface area contributed by atoms with Gasteiger partial charge < -0.3 is 5.32 Å². The van der Waals surface area contributed by atoms with Crippen molar-refractivity contribution in [2.24, 2.45) is 0 Å². The van der Waals surface area contributed by atoms with Gasteiger partial charge in [0, 0.05) is 18.2 Å². The number of aryl methyl sites for hydroxylation is 1. The van der Waals surface area contributed by atoms with E-state index in [2.05, 4.69) is 15.3 Å². The highest BCUT2D eigenvalue weighted by molar-refractivity contribution is 5.30. The van der Waals surface area contributed by atoms with Gasteiger partial charge in [-0.15, -0.1) is 0 Å². The second-order valence-corrected chi connectivity index (χ2v) is 4.93. The van der Waals surface area contributed by atoms with E-state index in [9.17, 15) is 0 Å². The first-order valence-electron chi connectivity index (χ1n) is 6.48. The summed E-state index contributed by atoms with van der Waals surface area (Å²) in [6, 6.07) is 0. The minimum absolute atomic E-state index is 0.628. The quantitative estimate of drug-likeness (QED) is 0.779. The Hall–Kier alpha value is -0.960. The van der Waals surface area contributed by atoms with Gasteiger partial charge in [-0.2, -0.15) is 0 Å². The van der Waals surface area contributed by atoms with Gasteiger partial charge in [-0.1, -0.05) is 0 Å². The molecule has 1 aliphatic carbocycles. The summed E-state index contributed by atoms with van der Waals surface area (Å²) in [5.74, 6) is 0.628. The van der Waals surface area contributed by atoms with Gasteiger partial charge in [0.15, 0.2) is 0 Å². The third-order valence-corrected chi connectivity index (χ3v) is 3.84. The number of piperidine rings is 1. The molecule has 2 aliphatic rings. The van der Waals surface area contributed by atoms with Gasteiger partial charge in [0.2, 0.25) is 0 Å². The van der Waals surface area contributed by atoms with E-state index in [1.54, 1.807) is 6.33 Å². The topological polar surface area (TPSA) is 37.8 Å². The Bertz CT molecular complexity index is 369. The van der Waals surface area contributed by atoms with Crippen LogP contribution in [0.5, 0.6) is 0 Å². The highest BCUT2D eigenvalue weighted by atomic mass is 14.9. The van der Waals surface area contributed by atoms with Gasteiger partial charge in [-0.05, 0) is 50.6 Å². The molecule has 1 N–H and O–H groups in total. The third-order valence-electron chi connectivity index (χ3n) is 3.84. The van der Waals surface area contributed by atoms with Gasteiger partial charge in [0.1, 0.15) is 6.33 Å². The Morgan fingerprint density at radius 3 is 2.94 bits per heavy atom. The van der Waals surface area contributed by atoms with Crippen molar-refractivity contribution in [2.75, 3.05) is 13.1 Å². The molecule has 1 saturated heterocycles. The first-order chi connectivity index (χ1) is 7.95. The molecule has 1 aromatic rings. The van der Waals surface area contributed by atoms with Crippen molar-refractivity contribution < 1.29 is 0 Å². The first-order valence-corrected chi connectivity index (χ1v) is 6.48. The number of aromatic nitrogens is 2. The Kier molecular flexibility index (Phi) is 2.87. The molecular weight excluding hydrogens is 198 g/mol. The Morgan fingerprint density at radius 2 is 2.06 bits per heavy atom. The summed E-state index contributed by atoms with van der Waals surface area (Å²) in [6.07, 6.45) is 9.31. The lowest BCUT2D eigenvalue weighted by Gasteiger charge is -2.26. The normalized spacial score (nSPS) is 25.1. The van der Waals surface area contributed by atoms with E-state index < -0.39 is 0 Å². The van der Waals surface area contributed by atoms with Crippen LogP contribution in [0.4, 0.5) is 0 Å². The van der Waals surface area contributed by atoms with Crippen molar-refractivity contribution in [2.45, 2.75) is 44.4 Å². The molecule has 16 heavy (non-hydrogen) atoms. The predicted molar refractivity (Wildman–Crippen MR) is 63.5 cm³/mol. The van der Waals surface area contributed by atoms with Crippen LogP contribution in [-0.4, -0.2) is 23.1 Å². The van der Waals surface area contributed by atoms with Crippen LogP contribution in [0.25, 0.3) is 0 Å². The number of nitrogens with zero attached hydrogens (tertiary/aromatic N) is 2. The minimum Gasteiger partial charge on any atom is -0.316 e. The SMILES string of the molecule is c1nc2c(c(C3CCCNC3)n1)CCCC2. The summed E-state index contributed by atoms with van der Waals surface area (Å²) in [7, 11) is 0. The predicted octanol–water partition coefficient (Wildman–Crippen LogP) is 1.82. The Morgan fingerprint density at radius 1 is 1.12 bits per heavy atom. The fraction of sp³-hybridized carbons (Fsp3) is 0.692. The van der Waals surface area contributed by atoms with Gasteiger partial charge in [-0.3, -0.25) is 0 Å². The highest BCUT2D eigenvalue weighted by Crippen LogP contribution is 2.29. The van der Waals surface area contributed by atoms with Gasteiger partial charge >= 0.3 is 0 Å². The van der Waals surface area contributed by atoms with Gasteiger partial charge in [0.25, 0.3) is 0 Å². The van der Waals surface area contributed by atoms with Crippen LogP contribution in [0.15, 0.2) is 6.33 Å². The van der Waals surface area contributed by atoms with Crippen molar-refractivity contribution >= 4 is 0 Å². The monoisotopic (exact) mass is 217 g/mol. The second-order valence-electron chi connectivity index (χ2n) is 4.93. The molecule has 0 aromatic carbocycles. The molecule has 0 spiro atoms. The van der Waals surface area contributed by atoms with E-state index in [0.717, 1.165) is 13.0 Å².